The third kappa shape index (κ3) is 6.86. The van der Waals surface area contributed by atoms with Crippen LogP contribution in [-0.4, -0.2) is 89.1 Å². The molecule has 1 aromatic heterocycles. The summed E-state index contributed by atoms with van der Waals surface area (Å²) in [5.41, 5.74) is 1.33. The zero-order valence-electron chi connectivity index (χ0n) is 27.5. The number of hydrogen-bond acceptors (Lipinski definition) is 9. The van der Waals surface area contributed by atoms with Crippen molar-refractivity contribution < 1.29 is 33.0 Å². The summed E-state index contributed by atoms with van der Waals surface area (Å²) in [5.74, 6) is -3.00. The van der Waals surface area contributed by atoms with Gasteiger partial charge in [0.1, 0.15) is 17.7 Å². The van der Waals surface area contributed by atoms with Gasteiger partial charge < -0.3 is 20.1 Å². The predicted octanol–water partition coefficient (Wildman–Crippen LogP) is 6.63. The van der Waals surface area contributed by atoms with Crippen LogP contribution in [-0.2, 0) is 9.53 Å². The van der Waals surface area contributed by atoms with Crippen LogP contribution in [0, 0.1) is 11.6 Å². The number of aromatic nitrogens is 1. The number of carboxylic acids is 1. The Balaban J connectivity index is 1.14. The number of carbonyl (C=O) groups excluding carboxylic acids is 2. The second kappa shape index (κ2) is 14.6. The summed E-state index contributed by atoms with van der Waals surface area (Å²) in [7, 11) is 0. The SMILES string of the molecule is CCOC(=O)C1=C(CN2CCN3C(=O)N(c4ccc(-c5ccc(C(=O)O)cc5F)c(F)c4)C[C@@H]3C2)NC(c2nccs2)=N[C@H]1c1ccc(Cl)cc1Cl. The van der Waals surface area contributed by atoms with Crippen LogP contribution in [0.1, 0.15) is 33.9 Å². The number of urea groups is 1. The predicted molar refractivity (Wildman–Crippen MR) is 193 cm³/mol. The molecule has 2 atom stereocenters. The molecular weight excluding hydrogens is 737 g/mol. The topological polar surface area (TPSA) is 128 Å². The van der Waals surface area contributed by atoms with Crippen LogP contribution in [0.2, 0.25) is 10.0 Å². The van der Waals surface area contributed by atoms with Crippen LogP contribution in [0.5, 0.6) is 0 Å². The van der Waals surface area contributed by atoms with Crippen molar-refractivity contribution in [3.8, 4) is 11.1 Å². The quantitative estimate of drug-likeness (QED) is 0.182. The van der Waals surface area contributed by atoms with Gasteiger partial charge in [-0.15, -0.1) is 11.3 Å². The summed E-state index contributed by atoms with van der Waals surface area (Å²) in [5, 5.41) is 15.7. The van der Waals surface area contributed by atoms with Crippen LogP contribution in [0.4, 0.5) is 19.3 Å². The van der Waals surface area contributed by atoms with Gasteiger partial charge in [-0.1, -0.05) is 35.3 Å². The number of amidine groups is 1. The largest absolute Gasteiger partial charge is 0.478 e. The number of carbonyl (C=O) groups is 3. The summed E-state index contributed by atoms with van der Waals surface area (Å²) >= 11 is 14.3. The molecule has 2 saturated heterocycles. The number of nitrogens with zero attached hydrogens (tertiary/aromatic N) is 5. The maximum absolute atomic E-state index is 15.4. The standard InChI is InChI=1S/C36H30Cl2F2N6O5S/c1-2-51-35(49)30-29(42-32(33-41-9-12-52-33)43-31(30)25-7-4-20(37)14-26(25)38)18-44-10-11-45-22(16-44)17-46(36(45)50)21-5-8-24(28(40)15-21)23-6-3-19(34(47)48)13-27(23)39/h3-9,12-15,22,31H,2,10-11,16-18H2,1H3,(H,42,43)(H,47,48)/t22-,31-/m0/s1. The second-order valence-electron chi connectivity index (χ2n) is 12.3. The smallest absolute Gasteiger partial charge is 0.338 e. The number of fused-ring (bicyclic) bond motifs is 1. The van der Waals surface area contributed by atoms with Crippen molar-refractivity contribution in [1.29, 1.82) is 0 Å². The normalized spacial score (nSPS) is 19.0. The van der Waals surface area contributed by atoms with E-state index in [1.54, 1.807) is 42.3 Å². The summed E-state index contributed by atoms with van der Waals surface area (Å²) in [6, 6.07) is 11.0. The first-order valence-corrected chi connectivity index (χ1v) is 17.9. The fourth-order valence-corrected chi connectivity index (χ4v) is 7.78. The van der Waals surface area contributed by atoms with Gasteiger partial charge in [-0.3, -0.25) is 14.8 Å². The summed E-state index contributed by atoms with van der Waals surface area (Å²) in [6.45, 7) is 3.72. The zero-order valence-corrected chi connectivity index (χ0v) is 29.8. The lowest BCUT2D eigenvalue weighted by Gasteiger charge is -2.38. The van der Waals surface area contributed by atoms with Gasteiger partial charge in [-0.25, -0.2) is 28.1 Å². The van der Waals surface area contributed by atoms with Crippen molar-refractivity contribution in [2.45, 2.75) is 19.0 Å². The zero-order chi connectivity index (χ0) is 36.7. The van der Waals surface area contributed by atoms with Crippen molar-refractivity contribution in [3.63, 3.8) is 0 Å². The number of halogens is 4. The number of aliphatic imine (C=N–C) groups is 1. The molecule has 0 radical (unpaired) electrons. The van der Waals surface area contributed by atoms with Gasteiger partial charge in [-0.2, -0.15) is 0 Å². The van der Waals surface area contributed by atoms with Crippen LogP contribution >= 0.6 is 34.5 Å². The molecule has 4 aromatic rings. The number of aromatic carboxylic acids is 1. The van der Waals surface area contributed by atoms with E-state index in [1.807, 2.05) is 5.38 Å². The minimum atomic E-state index is -1.30. The molecule has 0 unspecified atom stereocenters. The average molecular weight is 768 g/mol. The maximum atomic E-state index is 15.4. The highest BCUT2D eigenvalue weighted by atomic mass is 35.5. The van der Waals surface area contributed by atoms with Gasteiger partial charge >= 0.3 is 18.0 Å². The molecule has 2 amide bonds. The number of benzene rings is 3. The molecule has 7 rings (SSSR count). The van der Waals surface area contributed by atoms with Gasteiger partial charge in [0, 0.05) is 82.4 Å². The van der Waals surface area contributed by atoms with E-state index in [-0.39, 0.29) is 48.5 Å². The molecule has 4 heterocycles. The minimum absolute atomic E-state index is 0.0572. The molecule has 3 aliphatic rings. The number of anilines is 1. The molecule has 2 fully saturated rings. The monoisotopic (exact) mass is 766 g/mol. The number of ether oxygens (including phenoxy) is 1. The molecule has 52 heavy (non-hydrogen) atoms. The lowest BCUT2D eigenvalue weighted by Crippen LogP contribution is -2.53. The lowest BCUT2D eigenvalue weighted by molar-refractivity contribution is -0.139. The maximum Gasteiger partial charge on any atom is 0.338 e. The third-order valence-electron chi connectivity index (χ3n) is 9.10. The molecule has 0 bridgehead atoms. The van der Waals surface area contributed by atoms with Crippen molar-refractivity contribution in [2.24, 2.45) is 4.99 Å². The number of esters is 1. The molecule has 16 heteroatoms. The Morgan fingerprint density at radius 1 is 1.04 bits per heavy atom. The highest BCUT2D eigenvalue weighted by molar-refractivity contribution is 7.11. The highest BCUT2D eigenvalue weighted by Crippen LogP contribution is 2.38. The van der Waals surface area contributed by atoms with Crippen LogP contribution in [0.3, 0.4) is 0 Å². The first kappa shape index (κ1) is 35.5. The van der Waals surface area contributed by atoms with E-state index in [2.05, 4.69) is 15.2 Å². The Bertz CT molecular complexity index is 2150. The Kier molecular flexibility index (Phi) is 9.98. The number of rotatable bonds is 9. The molecule has 0 aliphatic carbocycles. The molecule has 3 aliphatic heterocycles. The molecule has 11 nitrogen and oxygen atoms in total. The number of hydrogen-bond donors (Lipinski definition) is 2. The molecule has 3 aromatic carbocycles. The lowest BCUT2D eigenvalue weighted by atomic mass is 9.95. The Morgan fingerprint density at radius 2 is 1.81 bits per heavy atom. The number of thiazole rings is 1. The Labute approximate surface area is 310 Å². The van der Waals surface area contributed by atoms with Gasteiger partial charge in [0.25, 0.3) is 0 Å². The number of piperazine rings is 1. The minimum Gasteiger partial charge on any atom is -0.478 e. The molecule has 0 spiro atoms. The van der Waals surface area contributed by atoms with Gasteiger partial charge in [0.2, 0.25) is 0 Å². The van der Waals surface area contributed by atoms with E-state index in [1.165, 1.54) is 40.5 Å². The van der Waals surface area contributed by atoms with Gasteiger partial charge in [-0.05, 0) is 49.4 Å². The van der Waals surface area contributed by atoms with E-state index in [0.717, 1.165) is 6.07 Å². The number of amides is 2. The highest BCUT2D eigenvalue weighted by Gasteiger charge is 2.42. The fraction of sp³-hybridized carbons (Fsp3) is 0.250. The summed E-state index contributed by atoms with van der Waals surface area (Å²) in [4.78, 5) is 53.0. The van der Waals surface area contributed by atoms with Crippen LogP contribution in [0.25, 0.3) is 11.1 Å². The summed E-state index contributed by atoms with van der Waals surface area (Å²) in [6.07, 6.45) is 1.66. The number of carboxylic acid groups (broad SMARTS) is 1. The van der Waals surface area contributed by atoms with E-state index in [9.17, 15) is 18.8 Å². The molecule has 0 saturated carbocycles. The fourth-order valence-electron chi connectivity index (χ4n) is 6.68. The van der Waals surface area contributed by atoms with Crippen molar-refractivity contribution in [3.05, 3.63) is 115 Å². The van der Waals surface area contributed by atoms with Gasteiger partial charge in [0.05, 0.1) is 23.8 Å². The van der Waals surface area contributed by atoms with E-state index < -0.39 is 29.6 Å². The molecule has 2 N–H and O–H groups in total. The van der Waals surface area contributed by atoms with Crippen molar-refractivity contribution in [2.75, 3.05) is 44.2 Å². The van der Waals surface area contributed by atoms with Crippen LogP contribution in [0.15, 0.2) is 82.4 Å². The van der Waals surface area contributed by atoms with Crippen LogP contribution < -0.4 is 10.2 Å². The van der Waals surface area contributed by atoms with Crippen molar-refractivity contribution >= 4 is 64.0 Å². The van der Waals surface area contributed by atoms with E-state index in [4.69, 9.17) is 38.0 Å². The Hall–Kier alpha value is -4.89. The number of nitrogens with one attached hydrogen (secondary N) is 1. The molecular formula is C36H30Cl2F2N6O5S. The van der Waals surface area contributed by atoms with Gasteiger partial charge in [0.15, 0.2) is 10.8 Å². The van der Waals surface area contributed by atoms with Crippen molar-refractivity contribution in [1.82, 2.24) is 20.1 Å². The summed E-state index contributed by atoms with van der Waals surface area (Å²) < 4.78 is 35.7. The van der Waals surface area contributed by atoms with E-state index >= 15 is 4.39 Å². The molecule has 268 valence electrons. The van der Waals surface area contributed by atoms with E-state index in [0.29, 0.717) is 63.0 Å². The first-order valence-electron chi connectivity index (χ1n) is 16.3. The second-order valence-corrected chi connectivity index (χ2v) is 14.0. The Morgan fingerprint density at radius 3 is 2.48 bits per heavy atom. The average Bonchev–Trinajstić information content (AvgIpc) is 3.77. The third-order valence-corrected chi connectivity index (χ3v) is 10.4. The first-order chi connectivity index (χ1) is 25.0.